The number of halogens is 1. The van der Waals surface area contributed by atoms with Crippen LogP contribution in [-0.4, -0.2) is 87.7 Å². The van der Waals surface area contributed by atoms with E-state index < -0.39 is 33.7 Å². The van der Waals surface area contributed by atoms with Crippen LogP contribution in [0.4, 0.5) is 20.6 Å². The van der Waals surface area contributed by atoms with E-state index in [1.807, 2.05) is 63.3 Å². The Hall–Kier alpha value is -4.42. The van der Waals surface area contributed by atoms with Crippen LogP contribution in [0.1, 0.15) is 29.5 Å². The van der Waals surface area contributed by atoms with Crippen molar-refractivity contribution >= 4 is 44.1 Å². The zero-order chi connectivity index (χ0) is 33.2. The van der Waals surface area contributed by atoms with Crippen LogP contribution in [0.25, 0.3) is 10.9 Å². The molecule has 0 bridgehead atoms. The summed E-state index contributed by atoms with van der Waals surface area (Å²) >= 11 is 0. The summed E-state index contributed by atoms with van der Waals surface area (Å²) in [5, 5.41) is 6.75. The Kier molecular flexibility index (Phi) is 9.68. The largest absolute Gasteiger partial charge is 0.368 e. The number of H-pyrrole nitrogens is 1. The molecular formula is C34H41FN6O4S. The van der Waals surface area contributed by atoms with Gasteiger partial charge in [-0.3, -0.25) is 4.79 Å². The average molecular weight is 649 g/mol. The molecule has 2 heterocycles. The van der Waals surface area contributed by atoms with Gasteiger partial charge < -0.3 is 30.3 Å². The molecule has 1 aliphatic heterocycles. The quantitative estimate of drug-likeness (QED) is 0.242. The Bertz CT molecular complexity index is 1850. The van der Waals surface area contributed by atoms with Crippen molar-refractivity contribution < 1.29 is 22.4 Å². The number of para-hydroxylation sites is 1. The molecule has 1 aliphatic rings. The van der Waals surface area contributed by atoms with Crippen LogP contribution in [0, 0.1) is 12.7 Å². The molecule has 0 radical (unpaired) electrons. The van der Waals surface area contributed by atoms with Gasteiger partial charge >= 0.3 is 6.03 Å². The first-order valence-electron chi connectivity index (χ1n) is 15.2. The number of carbonyl (C=O) groups is 2. The van der Waals surface area contributed by atoms with Gasteiger partial charge in [-0.05, 0) is 74.1 Å². The molecule has 1 saturated heterocycles. The lowest BCUT2D eigenvalue weighted by Crippen LogP contribution is -2.56. The number of rotatable bonds is 9. The van der Waals surface area contributed by atoms with Gasteiger partial charge in [0.2, 0.25) is 5.91 Å². The van der Waals surface area contributed by atoms with Gasteiger partial charge in [0.25, 0.3) is 0 Å². The number of anilines is 2. The normalized spacial score (nSPS) is 15.2. The second kappa shape index (κ2) is 13.5. The topological polar surface area (TPSA) is 118 Å². The van der Waals surface area contributed by atoms with Gasteiger partial charge in [-0.25, -0.2) is 17.6 Å². The Labute approximate surface area is 269 Å². The van der Waals surface area contributed by atoms with Crippen molar-refractivity contribution in [1.82, 2.24) is 20.1 Å². The van der Waals surface area contributed by atoms with E-state index in [0.29, 0.717) is 32.7 Å². The monoisotopic (exact) mass is 648 g/mol. The number of nitrogens with one attached hydrogen (secondary N) is 3. The fourth-order valence-corrected chi connectivity index (χ4v) is 6.91. The zero-order valence-electron chi connectivity index (χ0n) is 26.8. The van der Waals surface area contributed by atoms with Crippen molar-refractivity contribution in [3.63, 3.8) is 0 Å². The fraction of sp³-hybridized carbons (Fsp3) is 0.353. The summed E-state index contributed by atoms with van der Waals surface area (Å²) < 4.78 is 39.0. The van der Waals surface area contributed by atoms with Crippen LogP contribution < -0.4 is 15.5 Å². The second-order valence-corrected chi connectivity index (χ2v) is 14.2. The standard InChI is InChI=1S/C34H41FN6O4S/c1-22-18-25(35)11-12-30(22)40-14-16-41(17-15-40)34(43)38-32(23(2)27-20-36-28-9-7-6-8-26(27)28)33(42)37-29-19-24(21-39(3)4)10-13-31(29)46(5,44)45/h6-13,18-20,23,32,36H,14-17,21H2,1-5H3,(H,37,42)(H,38,43)/t23-,32-/m1/s1. The third-order valence-electron chi connectivity index (χ3n) is 8.44. The van der Waals surface area contributed by atoms with Crippen LogP contribution in [0.3, 0.4) is 0 Å². The van der Waals surface area contributed by atoms with E-state index in [1.54, 1.807) is 23.1 Å². The number of sulfone groups is 1. The van der Waals surface area contributed by atoms with Gasteiger partial charge in [0, 0.05) is 67.7 Å². The third-order valence-corrected chi connectivity index (χ3v) is 9.59. The molecule has 0 saturated carbocycles. The summed E-state index contributed by atoms with van der Waals surface area (Å²) in [6.45, 7) is 6.18. The molecule has 46 heavy (non-hydrogen) atoms. The lowest BCUT2D eigenvalue weighted by Gasteiger charge is -2.37. The molecule has 3 amide bonds. The summed E-state index contributed by atoms with van der Waals surface area (Å²) in [5.41, 5.74) is 4.48. The maximum Gasteiger partial charge on any atom is 0.318 e. The molecule has 12 heteroatoms. The highest BCUT2D eigenvalue weighted by atomic mass is 32.2. The minimum atomic E-state index is -3.67. The number of piperazine rings is 1. The summed E-state index contributed by atoms with van der Waals surface area (Å²) in [7, 11) is 0.131. The molecule has 3 aromatic carbocycles. The van der Waals surface area contributed by atoms with E-state index in [4.69, 9.17) is 0 Å². The van der Waals surface area contributed by atoms with E-state index in [0.717, 1.165) is 39.5 Å². The number of hydrogen-bond acceptors (Lipinski definition) is 6. The lowest BCUT2D eigenvalue weighted by atomic mass is 9.92. The van der Waals surface area contributed by atoms with E-state index in [9.17, 15) is 22.4 Å². The Morgan fingerprint density at radius 2 is 1.74 bits per heavy atom. The predicted octanol–water partition coefficient (Wildman–Crippen LogP) is 4.72. The molecule has 0 spiro atoms. The van der Waals surface area contributed by atoms with Crippen molar-refractivity contribution in [3.8, 4) is 0 Å². The summed E-state index contributed by atoms with van der Waals surface area (Å²) in [6, 6.07) is 15.9. The van der Waals surface area contributed by atoms with Crippen LogP contribution in [0.2, 0.25) is 0 Å². The van der Waals surface area contributed by atoms with Gasteiger partial charge in [0.15, 0.2) is 9.84 Å². The van der Waals surface area contributed by atoms with E-state index in [1.165, 1.54) is 18.2 Å². The molecule has 5 rings (SSSR count). The average Bonchev–Trinajstić information content (AvgIpc) is 3.43. The summed E-state index contributed by atoms with van der Waals surface area (Å²) in [5.74, 6) is -1.30. The number of carbonyl (C=O) groups excluding carboxylic acids is 2. The van der Waals surface area contributed by atoms with Crippen molar-refractivity contribution in [2.24, 2.45) is 0 Å². The van der Waals surface area contributed by atoms with Gasteiger partial charge in [-0.1, -0.05) is 31.2 Å². The Morgan fingerprint density at radius 3 is 2.41 bits per heavy atom. The maximum atomic E-state index is 14.1. The Morgan fingerprint density at radius 1 is 1.02 bits per heavy atom. The molecule has 244 valence electrons. The highest BCUT2D eigenvalue weighted by Gasteiger charge is 2.33. The minimum absolute atomic E-state index is 0.000360. The van der Waals surface area contributed by atoms with E-state index in [-0.39, 0.29) is 16.4 Å². The van der Waals surface area contributed by atoms with Gasteiger partial charge in [0.1, 0.15) is 11.9 Å². The maximum absolute atomic E-state index is 14.1. The number of benzene rings is 3. The highest BCUT2D eigenvalue weighted by Crippen LogP contribution is 2.30. The Balaban J connectivity index is 1.41. The smallest absolute Gasteiger partial charge is 0.318 e. The number of fused-ring (bicyclic) bond motifs is 1. The molecule has 0 unspecified atom stereocenters. The molecule has 4 aromatic rings. The predicted molar refractivity (Wildman–Crippen MR) is 180 cm³/mol. The molecule has 0 aliphatic carbocycles. The molecule has 2 atom stereocenters. The molecule has 10 nitrogen and oxygen atoms in total. The highest BCUT2D eigenvalue weighted by molar-refractivity contribution is 7.90. The minimum Gasteiger partial charge on any atom is -0.368 e. The number of aromatic nitrogens is 1. The van der Waals surface area contributed by atoms with Crippen molar-refractivity contribution in [1.29, 1.82) is 0 Å². The first kappa shape index (κ1) is 33.0. The fourth-order valence-electron chi connectivity index (χ4n) is 6.09. The van der Waals surface area contributed by atoms with Crippen LogP contribution in [0.5, 0.6) is 0 Å². The lowest BCUT2D eigenvalue weighted by molar-refractivity contribution is -0.118. The number of nitrogens with zero attached hydrogens (tertiary/aromatic N) is 3. The number of hydrogen-bond donors (Lipinski definition) is 3. The number of aryl methyl sites for hydroxylation is 1. The van der Waals surface area contributed by atoms with E-state index in [2.05, 4.69) is 20.5 Å². The SMILES string of the molecule is Cc1cc(F)ccc1N1CCN(C(=O)N[C@@H](C(=O)Nc2cc(CN(C)C)ccc2S(C)(=O)=O)[C@H](C)c2c[nH]c3ccccc23)CC1. The van der Waals surface area contributed by atoms with Crippen LogP contribution in [-0.2, 0) is 21.2 Å². The number of amides is 3. The zero-order valence-corrected chi connectivity index (χ0v) is 27.6. The van der Waals surface area contributed by atoms with Crippen LogP contribution in [0.15, 0.2) is 71.8 Å². The molecule has 1 aromatic heterocycles. The van der Waals surface area contributed by atoms with Gasteiger partial charge in [-0.2, -0.15) is 0 Å². The first-order valence-corrected chi connectivity index (χ1v) is 17.1. The third kappa shape index (κ3) is 7.34. The number of aromatic amines is 1. The second-order valence-electron chi connectivity index (χ2n) is 12.2. The van der Waals surface area contributed by atoms with Crippen molar-refractivity contribution in [3.05, 3.63) is 89.4 Å². The van der Waals surface area contributed by atoms with E-state index >= 15 is 0 Å². The number of urea groups is 1. The van der Waals surface area contributed by atoms with Crippen molar-refractivity contribution in [2.75, 3.05) is 56.7 Å². The molecule has 3 N–H and O–H groups in total. The van der Waals surface area contributed by atoms with Crippen LogP contribution >= 0.6 is 0 Å². The molecular weight excluding hydrogens is 607 g/mol. The van der Waals surface area contributed by atoms with Gasteiger partial charge in [-0.15, -0.1) is 0 Å². The molecule has 1 fully saturated rings. The van der Waals surface area contributed by atoms with Crippen molar-refractivity contribution in [2.45, 2.75) is 37.2 Å². The first-order chi connectivity index (χ1) is 21.8. The summed E-state index contributed by atoms with van der Waals surface area (Å²) in [6.07, 6.45) is 2.94. The summed E-state index contributed by atoms with van der Waals surface area (Å²) in [4.78, 5) is 36.8. The van der Waals surface area contributed by atoms with Gasteiger partial charge in [0.05, 0.1) is 10.6 Å².